The molecule has 15 nitrogen and oxygen atoms in total. The van der Waals surface area contributed by atoms with Crippen molar-refractivity contribution in [2.24, 2.45) is 11.8 Å². The third-order valence-corrected chi connectivity index (χ3v) is 11.8. The molecule has 5 atom stereocenters. The minimum atomic E-state index is -4.53. The fraction of sp³-hybridized carbons (Fsp3) is 0.333. The largest absolute Gasteiger partial charge is 0.481 e. The molecule has 2 fully saturated rings. The van der Waals surface area contributed by atoms with E-state index in [0.717, 1.165) is 26.0 Å². The van der Waals surface area contributed by atoms with E-state index < -0.39 is 66.5 Å². The quantitative estimate of drug-likeness (QED) is 0.0707. The number of carboxylic acids is 1. The molecule has 3 aromatic carbocycles. The number of aromatic nitrogens is 4. The van der Waals surface area contributed by atoms with Gasteiger partial charge in [-0.1, -0.05) is 23.2 Å². The Bertz CT molecular complexity index is 2850. The number of rotatable bonds is 13. The fourth-order valence-electron chi connectivity index (χ4n) is 7.34. The molecule has 25 heteroatoms. The van der Waals surface area contributed by atoms with E-state index in [-0.39, 0.29) is 73.9 Å². The van der Waals surface area contributed by atoms with Crippen LogP contribution in [-0.2, 0) is 35.3 Å². The van der Waals surface area contributed by atoms with Crippen molar-refractivity contribution in [1.82, 2.24) is 30.2 Å². The summed E-state index contributed by atoms with van der Waals surface area (Å²) in [4.78, 5) is 44.6. The molecule has 1 aliphatic carbocycles. The van der Waals surface area contributed by atoms with Gasteiger partial charge in [-0.3, -0.25) is 19.2 Å². The molecule has 0 spiro atoms. The Labute approximate surface area is 421 Å². The molecule has 0 radical (unpaired) electrons. The van der Waals surface area contributed by atoms with Gasteiger partial charge in [0.05, 0.1) is 47.8 Å². The summed E-state index contributed by atoms with van der Waals surface area (Å²) in [6.45, 7) is 1.52. The first kappa shape index (κ1) is 55.5. The number of hydrogen-bond donors (Lipinski definition) is 5. The van der Waals surface area contributed by atoms with Gasteiger partial charge in [0.1, 0.15) is 17.5 Å². The zero-order valence-corrected chi connectivity index (χ0v) is 40.1. The topological polar surface area (TPSA) is 205 Å². The maximum atomic E-state index is 14.5. The zero-order chi connectivity index (χ0) is 53.4. The van der Waals surface area contributed by atoms with E-state index in [9.17, 15) is 54.3 Å². The summed E-state index contributed by atoms with van der Waals surface area (Å²) in [5, 5.41) is 25.8. The van der Waals surface area contributed by atoms with Crippen molar-refractivity contribution in [2.75, 3.05) is 30.7 Å². The van der Waals surface area contributed by atoms with E-state index in [4.69, 9.17) is 43.5 Å². The standard InChI is InChI=1S/C24H23ClF4N4O3.C19H16ClF4N3O.C5H7NO3/c1-13(24(27,28)29)36-12-14-6-15(8-18(26)7-14)20-10-21(31-23(35)16-9-22(34)30-11-16)32-33(20)19-4-2-17(25)3-5-19;1-11(19(22,23)24)28-10-12-6-13(8-15(21)7-12)17-9-18(25)26-27(17)16-4-2-14(20)3-5-16;7-4-1-3(2-6-4)5(8)9/h2-5,7-8,10,13,15-16H,6,9,11-12H2,1H3,(H,30,34)(H,31,32,35);2-9,11H,10H2,1H3,(H2,25,26);3H,1-2H2,(H,6,7)(H,8,9)/t13-,15?,16?;11-;3-/m110/s1. The summed E-state index contributed by atoms with van der Waals surface area (Å²) in [6, 6.07) is 20.5. The van der Waals surface area contributed by atoms with Crippen LogP contribution < -0.4 is 21.7 Å². The Morgan fingerprint density at radius 2 is 1.33 bits per heavy atom. The Hall–Kier alpha value is -6.82. The third kappa shape index (κ3) is 15.6. The number of ether oxygens (including phenoxy) is 2. The Balaban J connectivity index is 0.000000207. The Morgan fingerprint density at radius 3 is 1.85 bits per heavy atom. The number of carbonyl (C=O) groups is 4. The Kier molecular flexibility index (Phi) is 18.1. The third-order valence-electron chi connectivity index (χ3n) is 11.3. The van der Waals surface area contributed by atoms with Gasteiger partial charge in [-0.05, 0) is 110 Å². The smallest absolute Gasteiger partial charge is 0.414 e. The molecular weight excluding hydrogens is 1020 g/mol. The lowest BCUT2D eigenvalue weighted by atomic mass is 9.91. The molecule has 0 bridgehead atoms. The van der Waals surface area contributed by atoms with Crippen molar-refractivity contribution < 1.29 is 68.9 Å². The van der Waals surface area contributed by atoms with Crippen LogP contribution in [0.2, 0.25) is 10.0 Å². The predicted octanol–water partition coefficient (Wildman–Crippen LogP) is 9.42. The van der Waals surface area contributed by atoms with Crippen LogP contribution in [-0.4, -0.2) is 92.6 Å². The van der Waals surface area contributed by atoms with E-state index in [1.54, 1.807) is 60.7 Å². The number of nitrogens with one attached hydrogen (secondary N) is 3. The van der Waals surface area contributed by atoms with E-state index in [1.165, 1.54) is 27.6 Å². The van der Waals surface area contributed by atoms with Gasteiger partial charge in [0.2, 0.25) is 17.7 Å². The highest BCUT2D eigenvalue weighted by Crippen LogP contribution is 2.36. The summed E-state index contributed by atoms with van der Waals surface area (Å²) in [5.74, 6) is -4.14. The molecule has 2 aromatic heterocycles. The number of carbonyl (C=O) groups excluding carboxylic acids is 3. The molecule has 5 aromatic rings. The number of benzene rings is 3. The average Bonchev–Trinajstić information content (AvgIpc) is 4.15. The van der Waals surface area contributed by atoms with Crippen LogP contribution in [0.15, 0.2) is 102 Å². The summed E-state index contributed by atoms with van der Waals surface area (Å²) < 4.78 is 118. The molecule has 4 heterocycles. The number of amides is 3. The van der Waals surface area contributed by atoms with Gasteiger partial charge in [-0.2, -0.15) is 31.4 Å². The van der Waals surface area contributed by atoms with Crippen LogP contribution in [0.5, 0.6) is 0 Å². The van der Waals surface area contributed by atoms with E-state index in [0.29, 0.717) is 43.9 Å². The average molecular weight is 1070 g/mol. The maximum Gasteiger partial charge on any atom is 0.414 e. The van der Waals surface area contributed by atoms with Gasteiger partial charge in [0.25, 0.3) is 0 Å². The minimum Gasteiger partial charge on any atom is -0.481 e. The van der Waals surface area contributed by atoms with Crippen molar-refractivity contribution in [2.45, 2.75) is 70.2 Å². The second kappa shape index (κ2) is 23.8. The Morgan fingerprint density at radius 1 is 0.781 bits per heavy atom. The van der Waals surface area contributed by atoms with Crippen molar-refractivity contribution >= 4 is 58.5 Å². The lowest BCUT2D eigenvalue weighted by Crippen LogP contribution is -2.29. The number of nitrogens with two attached hydrogens (primary N) is 1. The minimum absolute atomic E-state index is 0.0671. The predicted molar refractivity (Wildman–Crippen MR) is 252 cm³/mol. The molecule has 2 saturated heterocycles. The molecule has 3 aliphatic rings. The highest BCUT2D eigenvalue weighted by Gasteiger charge is 2.38. The molecular formula is C48H46Cl2F8N8O7. The zero-order valence-electron chi connectivity index (χ0n) is 38.5. The summed E-state index contributed by atoms with van der Waals surface area (Å²) in [6.07, 6.45) is -10.1. The van der Waals surface area contributed by atoms with Crippen molar-refractivity contribution in [3.8, 4) is 22.6 Å². The van der Waals surface area contributed by atoms with E-state index >= 15 is 0 Å². The first-order valence-electron chi connectivity index (χ1n) is 22.1. The molecule has 6 N–H and O–H groups in total. The van der Waals surface area contributed by atoms with Gasteiger partial charge in [0.15, 0.2) is 18.0 Å². The van der Waals surface area contributed by atoms with Crippen LogP contribution in [0.3, 0.4) is 0 Å². The first-order valence-corrected chi connectivity index (χ1v) is 22.9. The fourth-order valence-corrected chi connectivity index (χ4v) is 7.59. The number of alkyl halides is 6. The summed E-state index contributed by atoms with van der Waals surface area (Å²) in [7, 11) is 0. The van der Waals surface area contributed by atoms with Gasteiger partial charge in [-0.15, -0.1) is 5.10 Å². The lowest BCUT2D eigenvalue weighted by Gasteiger charge is -2.22. The summed E-state index contributed by atoms with van der Waals surface area (Å²) >= 11 is 11.9. The van der Waals surface area contributed by atoms with Gasteiger partial charge >= 0.3 is 18.3 Å². The molecule has 73 heavy (non-hydrogen) atoms. The van der Waals surface area contributed by atoms with Crippen molar-refractivity contribution in [3.63, 3.8) is 0 Å². The molecule has 2 unspecified atom stereocenters. The SMILES string of the molecule is C[C@@H](OCC1=CC(F)=CC(c2cc(NC(=O)C3CNC(=O)C3)nn2-c2ccc(Cl)cc2)C1)C(F)(F)F.C[C@@H](OCc1cc(F)cc(-c2cc(N)nn2-c2ccc(Cl)cc2)c1)C(F)(F)F.O=C1C[C@H](C(=O)O)CN1. The van der Waals surface area contributed by atoms with Gasteiger partial charge < -0.3 is 36.3 Å². The number of anilines is 2. The molecule has 8 rings (SSSR count). The highest BCUT2D eigenvalue weighted by molar-refractivity contribution is 6.30. The van der Waals surface area contributed by atoms with Crippen LogP contribution in [0.1, 0.15) is 50.3 Å². The van der Waals surface area contributed by atoms with E-state index in [2.05, 4.69) is 26.1 Å². The molecule has 2 aliphatic heterocycles. The second-order valence-corrected chi connectivity index (χ2v) is 17.8. The molecule has 390 valence electrons. The number of hydrogen-bond acceptors (Lipinski definition) is 9. The number of halogens is 10. The monoisotopic (exact) mass is 1070 g/mol. The number of aliphatic carboxylic acids is 1. The van der Waals surface area contributed by atoms with Gasteiger partial charge in [-0.25, -0.2) is 18.1 Å². The van der Waals surface area contributed by atoms with Crippen molar-refractivity contribution in [3.05, 3.63) is 130 Å². The maximum absolute atomic E-state index is 14.5. The number of nitrogens with zero attached hydrogens (tertiary/aromatic N) is 4. The normalized spacial score (nSPS) is 18.5. The number of allylic oxidation sites excluding steroid dienone is 3. The molecule has 0 saturated carbocycles. The van der Waals surface area contributed by atoms with Gasteiger partial charge in [0, 0.05) is 59.6 Å². The number of carboxylic acid groups (broad SMARTS) is 1. The number of nitrogen functional groups attached to an aromatic ring is 1. The van der Waals surface area contributed by atoms with Crippen LogP contribution in [0.4, 0.5) is 46.8 Å². The molecule has 3 amide bonds. The second-order valence-electron chi connectivity index (χ2n) is 16.9. The van der Waals surface area contributed by atoms with Crippen LogP contribution in [0, 0.1) is 17.7 Å². The summed E-state index contributed by atoms with van der Waals surface area (Å²) in [5.41, 5.74) is 9.01. The lowest BCUT2D eigenvalue weighted by molar-refractivity contribution is -0.217. The van der Waals surface area contributed by atoms with Crippen LogP contribution >= 0.6 is 23.2 Å². The van der Waals surface area contributed by atoms with Crippen LogP contribution in [0.25, 0.3) is 22.6 Å². The highest BCUT2D eigenvalue weighted by atomic mass is 35.5. The van der Waals surface area contributed by atoms with E-state index in [1.807, 2.05) is 0 Å². The van der Waals surface area contributed by atoms with Crippen molar-refractivity contribution in [1.29, 1.82) is 0 Å². The first-order chi connectivity index (χ1) is 34.3.